The lowest BCUT2D eigenvalue weighted by molar-refractivity contribution is -0.146. The maximum atomic E-state index is 11.9. The predicted molar refractivity (Wildman–Crippen MR) is 107 cm³/mol. The number of hydrogen-bond donors (Lipinski definition) is 0. The van der Waals surface area contributed by atoms with Crippen LogP contribution in [-0.4, -0.2) is 19.7 Å². The van der Waals surface area contributed by atoms with Crippen LogP contribution in [0.4, 0.5) is 0 Å². The Balaban J connectivity index is 1.57. The third-order valence-corrected chi connectivity index (χ3v) is 8.74. The second kappa shape index (κ2) is 7.79. The number of carbonyl (C=O) groups excluding carboxylic acids is 1. The Kier molecular flexibility index (Phi) is 5.58. The molecule has 0 aromatic heterocycles. The van der Waals surface area contributed by atoms with Gasteiger partial charge in [0.25, 0.3) is 0 Å². The number of hydrogen-bond acceptors (Lipinski definition) is 3. The van der Waals surface area contributed by atoms with E-state index in [9.17, 15) is 4.79 Å². The first-order chi connectivity index (χ1) is 13.1. The molecule has 0 amide bonds. The molecule has 0 aliphatic heterocycles. The number of ether oxygens (including phenoxy) is 2. The van der Waals surface area contributed by atoms with Gasteiger partial charge < -0.3 is 9.47 Å². The smallest absolute Gasteiger partial charge is 0.305 e. The number of fused-ring (bicyclic) bond motifs is 1. The highest BCUT2D eigenvalue weighted by Gasteiger charge is 2.59. The van der Waals surface area contributed by atoms with Gasteiger partial charge in [0.2, 0.25) is 0 Å². The van der Waals surface area contributed by atoms with E-state index in [4.69, 9.17) is 9.47 Å². The summed E-state index contributed by atoms with van der Waals surface area (Å²) in [6.07, 6.45) is 15.2. The molecule has 7 atom stereocenters. The molecule has 2 bridgehead atoms. The van der Waals surface area contributed by atoms with Crippen molar-refractivity contribution >= 4 is 5.97 Å². The second-order valence-electron chi connectivity index (χ2n) is 9.82. The predicted octanol–water partition coefficient (Wildman–Crippen LogP) is 5.74. The largest absolute Gasteiger partial charge is 0.501 e. The SMILES string of the molecule is CCOC(=O)CCC1CCC23CCCCC2C1CC1CC(C)C(OC)=CC13. The van der Waals surface area contributed by atoms with Crippen molar-refractivity contribution in [2.45, 2.75) is 78.1 Å². The first-order valence-corrected chi connectivity index (χ1v) is 11.5. The molecular weight excluding hydrogens is 336 g/mol. The van der Waals surface area contributed by atoms with Gasteiger partial charge in [-0.25, -0.2) is 0 Å². The van der Waals surface area contributed by atoms with Gasteiger partial charge in [-0.05, 0) is 93.0 Å². The maximum Gasteiger partial charge on any atom is 0.305 e. The van der Waals surface area contributed by atoms with Crippen molar-refractivity contribution in [2.75, 3.05) is 13.7 Å². The third kappa shape index (κ3) is 3.34. The van der Waals surface area contributed by atoms with E-state index in [1.807, 2.05) is 14.0 Å². The van der Waals surface area contributed by atoms with Crippen molar-refractivity contribution in [3.8, 4) is 0 Å². The fourth-order valence-electron chi connectivity index (χ4n) is 7.76. The Morgan fingerprint density at radius 3 is 2.85 bits per heavy atom. The molecule has 0 aromatic rings. The Labute approximate surface area is 165 Å². The van der Waals surface area contributed by atoms with Crippen LogP contribution in [0.15, 0.2) is 11.8 Å². The maximum absolute atomic E-state index is 11.9. The molecule has 3 nitrogen and oxygen atoms in total. The molecule has 0 radical (unpaired) electrons. The molecular formula is C24H38O3. The number of carbonyl (C=O) groups is 1. The Morgan fingerprint density at radius 2 is 2.07 bits per heavy atom. The summed E-state index contributed by atoms with van der Waals surface area (Å²) in [5.41, 5.74) is 0.524. The molecule has 3 fully saturated rings. The van der Waals surface area contributed by atoms with Gasteiger partial charge in [0, 0.05) is 12.3 Å². The fourth-order valence-corrected chi connectivity index (χ4v) is 7.76. The number of allylic oxidation sites excluding steroid dienone is 2. The average Bonchev–Trinajstić information content (AvgIpc) is 2.67. The number of esters is 1. The lowest BCUT2D eigenvalue weighted by Gasteiger charge is -2.64. The molecule has 27 heavy (non-hydrogen) atoms. The van der Waals surface area contributed by atoms with Gasteiger partial charge >= 0.3 is 5.97 Å². The van der Waals surface area contributed by atoms with Crippen molar-refractivity contribution < 1.29 is 14.3 Å². The van der Waals surface area contributed by atoms with Crippen LogP contribution in [0.1, 0.15) is 78.1 Å². The lowest BCUT2D eigenvalue weighted by Crippen LogP contribution is -2.56. The molecule has 152 valence electrons. The highest BCUT2D eigenvalue weighted by atomic mass is 16.5. The summed E-state index contributed by atoms with van der Waals surface area (Å²) >= 11 is 0. The summed E-state index contributed by atoms with van der Waals surface area (Å²) in [6, 6.07) is 0. The number of methoxy groups -OCH3 is 1. The zero-order valence-electron chi connectivity index (χ0n) is 17.5. The lowest BCUT2D eigenvalue weighted by atomic mass is 9.41. The Morgan fingerprint density at radius 1 is 1.22 bits per heavy atom. The van der Waals surface area contributed by atoms with Crippen molar-refractivity contribution in [1.82, 2.24) is 0 Å². The van der Waals surface area contributed by atoms with Crippen LogP contribution in [0.5, 0.6) is 0 Å². The summed E-state index contributed by atoms with van der Waals surface area (Å²) in [5, 5.41) is 0. The van der Waals surface area contributed by atoms with Gasteiger partial charge in [-0.15, -0.1) is 0 Å². The molecule has 0 aromatic carbocycles. The molecule has 3 heteroatoms. The first-order valence-electron chi connectivity index (χ1n) is 11.5. The van der Waals surface area contributed by atoms with E-state index in [1.165, 1.54) is 57.1 Å². The van der Waals surface area contributed by atoms with E-state index in [0.29, 0.717) is 24.4 Å². The summed E-state index contributed by atoms with van der Waals surface area (Å²) < 4.78 is 11.0. The van der Waals surface area contributed by atoms with Crippen molar-refractivity contribution in [1.29, 1.82) is 0 Å². The van der Waals surface area contributed by atoms with E-state index in [-0.39, 0.29) is 5.97 Å². The zero-order chi connectivity index (χ0) is 19.0. The van der Waals surface area contributed by atoms with Crippen LogP contribution in [0, 0.1) is 40.9 Å². The van der Waals surface area contributed by atoms with Crippen LogP contribution in [-0.2, 0) is 14.3 Å². The topological polar surface area (TPSA) is 35.5 Å². The monoisotopic (exact) mass is 374 g/mol. The highest BCUT2D eigenvalue weighted by Crippen LogP contribution is 2.67. The van der Waals surface area contributed by atoms with Crippen LogP contribution in [0.2, 0.25) is 0 Å². The molecule has 3 saturated carbocycles. The standard InChI is InChI=1S/C24H38O3/c1-4-27-23(25)9-8-17-10-12-24-11-6-5-7-20(24)19(17)14-18-13-16(2)22(26-3)15-21(18)24/h15-21H,4-14H2,1-3H3. The Hall–Kier alpha value is -0.990. The molecule has 0 heterocycles. The van der Waals surface area contributed by atoms with E-state index >= 15 is 0 Å². The molecule has 4 rings (SSSR count). The van der Waals surface area contributed by atoms with Gasteiger partial charge in [-0.1, -0.05) is 19.8 Å². The summed E-state index contributed by atoms with van der Waals surface area (Å²) in [5.74, 6) is 5.81. The van der Waals surface area contributed by atoms with Gasteiger partial charge in [0.15, 0.2) is 0 Å². The van der Waals surface area contributed by atoms with E-state index in [1.54, 1.807) is 0 Å². The van der Waals surface area contributed by atoms with Gasteiger partial charge in [0.1, 0.15) is 0 Å². The molecule has 0 N–H and O–H groups in total. The van der Waals surface area contributed by atoms with Crippen LogP contribution >= 0.6 is 0 Å². The van der Waals surface area contributed by atoms with Crippen molar-refractivity contribution in [2.24, 2.45) is 40.9 Å². The third-order valence-electron chi connectivity index (χ3n) is 8.74. The summed E-state index contributed by atoms with van der Waals surface area (Å²) in [4.78, 5) is 11.9. The number of rotatable bonds is 5. The van der Waals surface area contributed by atoms with E-state index < -0.39 is 0 Å². The normalized spacial score (nSPS) is 43.1. The average molecular weight is 375 g/mol. The van der Waals surface area contributed by atoms with Gasteiger partial charge in [-0.2, -0.15) is 0 Å². The zero-order valence-corrected chi connectivity index (χ0v) is 17.5. The first kappa shape index (κ1) is 19.3. The van der Waals surface area contributed by atoms with E-state index in [2.05, 4.69) is 13.0 Å². The molecule has 7 unspecified atom stereocenters. The minimum atomic E-state index is 0.00521. The van der Waals surface area contributed by atoms with Crippen LogP contribution in [0.3, 0.4) is 0 Å². The molecule has 4 aliphatic carbocycles. The van der Waals surface area contributed by atoms with Crippen LogP contribution in [0.25, 0.3) is 0 Å². The van der Waals surface area contributed by atoms with Crippen LogP contribution < -0.4 is 0 Å². The van der Waals surface area contributed by atoms with Crippen molar-refractivity contribution in [3.05, 3.63) is 11.8 Å². The molecule has 0 spiro atoms. The van der Waals surface area contributed by atoms with Crippen molar-refractivity contribution in [3.63, 3.8) is 0 Å². The van der Waals surface area contributed by atoms with Gasteiger partial charge in [0.05, 0.1) is 19.5 Å². The fraction of sp³-hybridized carbons (Fsp3) is 0.875. The second-order valence-corrected chi connectivity index (χ2v) is 9.82. The quantitative estimate of drug-likeness (QED) is 0.576. The minimum Gasteiger partial charge on any atom is -0.501 e. The van der Waals surface area contributed by atoms with E-state index in [0.717, 1.165) is 36.0 Å². The molecule has 0 saturated heterocycles. The molecule has 4 aliphatic rings. The van der Waals surface area contributed by atoms with Gasteiger partial charge in [-0.3, -0.25) is 4.79 Å². The Bertz CT molecular complexity index is 582. The summed E-state index contributed by atoms with van der Waals surface area (Å²) in [6.45, 7) is 4.75. The highest BCUT2D eigenvalue weighted by molar-refractivity contribution is 5.69. The summed E-state index contributed by atoms with van der Waals surface area (Å²) in [7, 11) is 1.86. The minimum absolute atomic E-state index is 0.00521.